The summed E-state index contributed by atoms with van der Waals surface area (Å²) in [5.74, 6) is 0.989. The van der Waals surface area contributed by atoms with Gasteiger partial charge in [0.25, 0.3) is 0 Å². The molecule has 29 heavy (non-hydrogen) atoms. The van der Waals surface area contributed by atoms with Crippen LogP contribution in [0.15, 0.2) is 16.9 Å². The lowest BCUT2D eigenvalue weighted by Crippen LogP contribution is -2.48. The van der Waals surface area contributed by atoms with E-state index in [2.05, 4.69) is 31.7 Å². The van der Waals surface area contributed by atoms with Crippen molar-refractivity contribution in [2.75, 3.05) is 32.7 Å². The summed E-state index contributed by atoms with van der Waals surface area (Å²) in [5.41, 5.74) is 2.73. The van der Waals surface area contributed by atoms with E-state index in [-0.39, 0.29) is 11.1 Å². The lowest BCUT2D eigenvalue weighted by atomic mass is 9.97. The highest BCUT2D eigenvalue weighted by Crippen LogP contribution is 2.47. The van der Waals surface area contributed by atoms with E-state index in [9.17, 15) is 9.59 Å². The summed E-state index contributed by atoms with van der Waals surface area (Å²) in [6, 6.07) is 4.12. The van der Waals surface area contributed by atoms with Gasteiger partial charge in [-0.3, -0.25) is 14.0 Å². The van der Waals surface area contributed by atoms with Crippen molar-refractivity contribution in [1.82, 2.24) is 23.9 Å². The smallest absolute Gasteiger partial charge is 0.407 e. The summed E-state index contributed by atoms with van der Waals surface area (Å²) in [5, 5.41) is 9.08. The van der Waals surface area contributed by atoms with Crippen LogP contribution in [0.2, 0.25) is 0 Å². The molecule has 1 aliphatic heterocycles. The molecule has 8 nitrogen and oxygen atoms in total. The number of amides is 1. The zero-order valence-corrected chi connectivity index (χ0v) is 17.8. The molecule has 3 heterocycles. The Morgan fingerprint density at radius 1 is 1.21 bits per heavy atom. The molecule has 0 bridgehead atoms. The van der Waals surface area contributed by atoms with E-state index in [1.54, 1.807) is 11.6 Å². The molecule has 1 saturated heterocycles. The van der Waals surface area contributed by atoms with E-state index in [4.69, 9.17) is 10.1 Å². The first-order chi connectivity index (χ1) is 13.6. The Morgan fingerprint density at radius 3 is 2.52 bits per heavy atom. The van der Waals surface area contributed by atoms with Crippen LogP contribution in [0.1, 0.15) is 38.8 Å². The normalized spacial score (nSPS) is 23.0. The third-order valence-corrected chi connectivity index (χ3v) is 6.07. The van der Waals surface area contributed by atoms with Crippen LogP contribution in [-0.4, -0.2) is 67.8 Å². The SMILES string of the molecule is Cn1c(=O)n(CC(C)(C)C)c2ccc(C3CC3CN3CCN(C(=O)O)CC3)nc21. The van der Waals surface area contributed by atoms with E-state index in [0.717, 1.165) is 42.9 Å². The van der Waals surface area contributed by atoms with Gasteiger partial charge in [0.2, 0.25) is 0 Å². The summed E-state index contributed by atoms with van der Waals surface area (Å²) in [4.78, 5) is 32.4. The van der Waals surface area contributed by atoms with Crippen LogP contribution >= 0.6 is 0 Å². The van der Waals surface area contributed by atoms with Crippen LogP contribution in [0.3, 0.4) is 0 Å². The number of hydrogen-bond donors (Lipinski definition) is 1. The van der Waals surface area contributed by atoms with Crippen LogP contribution < -0.4 is 5.69 Å². The molecule has 0 radical (unpaired) electrons. The minimum absolute atomic E-state index is 0.0109. The molecule has 2 aliphatic rings. The van der Waals surface area contributed by atoms with Crippen LogP contribution in [-0.2, 0) is 13.6 Å². The Kier molecular flexibility index (Phi) is 4.93. The first-order valence-corrected chi connectivity index (χ1v) is 10.4. The fraction of sp³-hybridized carbons (Fsp3) is 0.667. The summed E-state index contributed by atoms with van der Waals surface area (Å²) < 4.78 is 3.49. The minimum atomic E-state index is -0.824. The number of nitrogens with zero attached hydrogens (tertiary/aromatic N) is 5. The number of piperazine rings is 1. The number of aryl methyl sites for hydroxylation is 1. The molecule has 4 rings (SSSR count). The molecule has 1 amide bonds. The molecule has 0 spiro atoms. The molecule has 8 heteroatoms. The minimum Gasteiger partial charge on any atom is -0.465 e. The Morgan fingerprint density at radius 2 is 1.90 bits per heavy atom. The zero-order chi connectivity index (χ0) is 20.9. The first-order valence-electron chi connectivity index (χ1n) is 10.4. The standard InChI is InChI=1S/C21H31N5O3/c1-21(2,3)13-26-17-6-5-16(22-18(17)23(4)19(26)27)15-11-14(15)12-24-7-9-25(10-8-24)20(28)29/h5-6,14-15H,7-13H2,1-4H3,(H,28,29). The number of aromatic nitrogens is 3. The lowest BCUT2D eigenvalue weighted by Gasteiger charge is -2.33. The van der Waals surface area contributed by atoms with E-state index in [1.165, 1.54) is 4.90 Å². The number of carbonyl (C=O) groups is 1. The monoisotopic (exact) mass is 401 g/mol. The fourth-order valence-electron chi connectivity index (χ4n) is 4.39. The first kappa shape index (κ1) is 19.9. The topological polar surface area (TPSA) is 83.6 Å². The zero-order valence-electron chi connectivity index (χ0n) is 17.8. The van der Waals surface area contributed by atoms with Gasteiger partial charge in [0.05, 0.1) is 5.52 Å². The molecule has 2 aromatic rings. The molecule has 2 aromatic heterocycles. The van der Waals surface area contributed by atoms with Crippen LogP contribution in [0.25, 0.3) is 11.2 Å². The van der Waals surface area contributed by atoms with E-state index >= 15 is 0 Å². The van der Waals surface area contributed by atoms with Crippen LogP contribution in [0.4, 0.5) is 4.79 Å². The Labute approximate surface area is 170 Å². The van der Waals surface area contributed by atoms with Gasteiger partial charge >= 0.3 is 11.8 Å². The van der Waals surface area contributed by atoms with Crippen molar-refractivity contribution in [1.29, 1.82) is 0 Å². The number of fused-ring (bicyclic) bond motifs is 1. The quantitative estimate of drug-likeness (QED) is 0.849. The molecule has 1 aliphatic carbocycles. The Hall–Kier alpha value is -2.35. The van der Waals surface area contributed by atoms with Crippen molar-refractivity contribution in [2.45, 2.75) is 39.7 Å². The van der Waals surface area contributed by atoms with E-state index in [1.807, 2.05) is 10.6 Å². The fourth-order valence-corrected chi connectivity index (χ4v) is 4.39. The third-order valence-electron chi connectivity index (χ3n) is 6.07. The molecular weight excluding hydrogens is 370 g/mol. The highest BCUT2D eigenvalue weighted by atomic mass is 16.4. The van der Waals surface area contributed by atoms with Crippen molar-refractivity contribution in [3.63, 3.8) is 0 Å². The lowest BCUT2D eigenvalue weighted by molar-refractivity contribution is 0.103. The van der Waals surface area contributed by atoms with Crippen molar-refractivity contribution in [3.8, 4) is 0 Å². The maximum atomic E-state index is 12.7. The van der Waals surface area contributed by atoms with Gasteiger partial charge in [0.15, 0.2) is 5.65 Å². The molecule has 1 saturated carbocycles. The van der Waals surface area contributed by atoms with Crippen molar-refractivity contribution in [2.24, 2.45) is 18.4 Å². The maximum Gasteiger partial charge on any atom is 0.407 e. The number of hydrogen-bond acceptors (Lipinski definition) is 4. The van der Waals surface area contributed by atoms with Gasteiger partial charge in [-0.1, -0.05) is 20.8 Å². The molecule has 1 N–H and O–H groups in total. The second-order valence-corrected chi connectivity index (χ2v) is 9.74. The van der Waals surface area contributed by atoms with Gasteiger partial charge in [-0.2, -0.15) is 0 Å². The van der Waals surface area contributed by atoms with E-state index in [0.29, 0.717) is 31.5 Å². The van der Waals surface area contributed by atoms with Crippen LogP contribution in [0.5, 0.6) is 0 Å². The summed E-state index contributed by atoms with van der Waals surface area (Å²) in [6.07, 6.45) is 0.282. The number of imidazole rings is 1. The highest BCUT2D eigenvalue weighted by Gasteiger charge is 2.41. The molecule has 2 atom stereocenters. The van der Waals surface area contributed by atoms with Crippen molar-refractivity contribution in [3.05, 3.63) is 28.3 Å². The average molecular weight is 402 g/mol. The van der Waals surface area contributed by atoms with Crippen molar-refractivity contribution >= 4 is 17.3 Å². The number of carboxylic acid groups (broad SMARTS) is 1. The highest BCUT2D eigenvalue weighted by molar-refractivity contribution is 5.72. The van der Waals surface area contributed by atoms with Gasteiger partial charge in [-0.25, -0.2) is 14.6 Å². The van der Waals surface area contributed by atoms with Gasteiger partial charge in [0.1, 0.15) is 0 Å². The number of pyridine rings is 1. The van der Waals surface area contributed by atoms with Gasteiger partial charge in [-0.05, 0) is 29.9 Å². The average Bonchev–Trinajstić information content (AvgIpc) is 3.39. The van der Waals surface area contributed by atoms with Gasteiger partial charge in [0, 0.05) is 57.9 Å². The molecule has 2 fully saturated rings. The molecule has 0 aromatic carbocycles. The van der Waals surface area contributed by atoms with Crippen molar-refractivity contribution < 1.29 is 9.90 Å². The van der Waals surface area contributed by atoms with Crippen LogP contribution in [0, 0.1) is 11.3 Å². The molecule has 158 valence electrons. The van der Waals surface area contributed by atoms with Gasteiger partial charge in [-0.15, -0.1) is 0 Å². The van der Waals surface area contributed by atoms with E-state index < -0.39 is 6.09 Å². The Bertz CT molecular complexity index is 979. The molecular formula is C21H31N5O3. The summed E-state index contributed by atoms with van der Waals surface area (Å²) >= 11 is 0. The largest absolute Gasteiger partial charge is 0.465 e. The third kappa shape index (κ3) is 4.03. The second kappa shape index (κ2) is 7.16. The molecule has 2 unspecified atom stereocenters. The summed E-state index contributed by atoms with van der Waals surface area (Å²) in [6.45, 7) is 10.8. The number of rotatable bonds is 4. The Balaban J connectivity index is 1.45. The predicted molar refractivity (Wildman–Crippen MR) is 111 cm³/mol. The summed E-state index contributed by atoms with van der Waals surface area (Å²) in [7, 11) is 1.80. The van der Waals surface area contributed by atoms with Gasteiger partial charge < -0.3 is 10.0 Å². The maximum absolute atomic E-state index is 12.7. The predicted octanol–water partition coefficient (Wildman–Crippen LogP) is 2.18. The second-order valence-electron chi connectivity index (χ2n) is 9.74.